The molecule has 4 rings (SSSR count). The third-order valence-corrected chi connectivity index (χ3v) is 9.29. The van der Waals surface area contributed by atoms with Gasteiger partial charge in [-0.25, -0.2) is 0 Å². The van der Waals surface area contributed by atoms with Gasteiger partial charge in [-0.3, -0.25) is 14.4 Å². The van der Waals surface area contributed by atoms with Gasteiger partial charge in [-0.2, -0.15) is 0 Å². The molecular formula is C39H54N2O5. The Morgan fingerprint density at radius 1 is 0.761 bits per heavy atom. The first-order valence-corrected chi connectivity index (χ1v) is 17.3. The van der Waals surface area contributed by atoms with E-state index in [0.29, 0.717) is 38.1 Å². The molecule has 2 aliphatic carbocycles. The van der Waals surface area contributed by atoms with E-state index < -0.39 is 11.9 Å². The van der Waals surface area contributed by atoms with Gasteiger partial charge in [0.15, 0.2) is 0 Å². The highest BCUT2D eigenvalue weighted by Crippen LogP contribution is 2.37. The number of nitrogens with zero attached hydrogens (tertiary/aromatic N) is 1. The molecule has 0 saturated heterocycles. The third-order valence-electron chi connectivity index (χ3n) is 9.29. The van der Waals surface area contributed by atoms with Gasteiger partial charge >= 0.3 is 11.9 Å². The Labute approximate surface area is 276 Å². The van der Waals surface area contributed by atoms with Gasteiger partial charge in [-0.05, 0) is 74.3 Å². The van der Waals surface area contributed by atoms with E-state index >= 15 is 0 Å². The zero-order valence-corrected chi connectivity index (χ0v) is 28.0. The van der Waals surface area contributed by atoms with Gasteiger partial charge in [-0.1, -0.05) is 99.2 Å². The number of benzene rings is 2. The fraction of sp³-hybridized carbons (Fsp3) is 0.564. The average molecular weight is 631 g/mol. The van der Waals surface area contributed by atoms with Crippen molar-refractivity contribution in [2.24, 2.45) is 11.8 Å². The number of hydrogen-bond acceptors (Lipinski definition) is 6. The number of amides is 1. The highest BCUT2D eigenvalue weighted by Gasteiger charge is 2.29. The number of hydrogen-bond donors (Lipinski definition) is 1. The molecule has 7 nitrogen and oxygen atoms in total. The van der Waals surface area contributed by atoms with Gasteiger partial charge in [0.05, 0.1) is 19.8 Å². The minimum absolute atomic E-state index is 0.0904. The van der Waals surface area contributed by atoms with E-state index in [9.17, 15) is 14.4 Å². The van der Waals surface area contributed by atoms with E-state index in [2.05, 4.69) is 53.7 Å². The highest BCUT2D eigenvalue weighted by atomic mass is 16.5. The van der Waals surface area contributed by atoms with Crippen molar-refractivity contribution in [1.29, 1.82) is 0 Å². The summed E-state index contributed by atoms with van der Waals surface area (Å²) in [5.41, 5.74) is 2.59. The summed E-state index contributed by atoms with van der Waals surface area (Å²) in [5.74, 6) is 3.05. The quantitative estimate of drug-likeness (QED) is 0.181. The van der Waals surface area contributed by atoms with Crippen molar-refractivity contribution < 1.29 is 23.9 Å². The predicted molar refractivity (Wildman–Crippen MR) is 183 cm³/mol. The molecule has 0 unspecified atom stereocenters. The average Bonchev–Trinajstić information content (AvgIpc) is 3.10. The van der Waals surface area contributed by atoms with Gasteiger partial charge in [0.1, 0.15) is 6.54 Å². The van der Waals surface area contributed by atoms with Crippen molar-refractivity contribution in [2.45, 2.75) is 89.9 Å². The van der Waals surface area contributed by atoms with Crippen LogP contribution in [0.2, 0.25) is 0 Å². The number of nitrogens with one attached hydrogen (secondary N) is 1. The van der Waals surface area contributed by atoms with Crippen molar-refractivity contribution in [1.82, 2.24) is 10.2 Å². The van der Waals surface area contributed by atoms with Crippen LogP contribution in [0.5, 0.6) is 0 Å². The first-order chi connectivity index (χ1) is 22.5. The molecule has 2 saturated carbocycles. The molecule has 1 N–H and O–H groups in total. The minimum atomic E-state index is -0.454. The molecule has 2 atom stereocenters. The number of esters is 2. The summed E-state index contributed by atoms with van der Waals surface area (Å²) in [6.07, 6.45) is 18.0. The fourth-order valence-electron chi connectivity index (χ4n) is 7.01. The zero-order chi connectivity index (χ0) is 33.0. The summed E-state index contributed by atoms with van der Waals surface area (Å²) in [4.78, 5) is 37.0. The van der Waals surface area contributed by atoms with Crippen LogP contribution >= 0.6 is 0 Å². The Kier molecular flexibility index (Phi) is 17.0. The number of terminal acetylenes is 1. The maximum atomic E-state index is 12.2. The topological polar surface area (TPSA) is 84.9 Å². The van der Waals surface area contributed by atoms with E-state index in [0.717, 1.165) is 25.3 Å². The number of ether oxygens (including phenoxy) is 2. The van der Waals surface area contributed by atoms with E-state index in [1.54, 1.807) is 6.92 Å². The first-order valence-electron chi connectivity index (χ1n) is 17.3. The summed E-state index contributed by atoms with van der Waals surface area (Å²) >= 11 is 0. The minimum Gasteiger partial charge on any atom is -0.465 e. The molecule has 46 heavy (non-hydrogen) atoms. The van der Waals surface area contributed by atoms with Crippen LogP contribution in [-0.2, 0) is 23.9 Å². The van der Waals surface area contributed by atoms with Crippen molar-refractivity contribution >= 4 is 17.8 Å². The third kappa shape index (κ3) is 12.6. The van der Waals surface area contributed by atoms with Crippen LogP contribution in [0.3, 0.4) is 0 Å². The van der Waals surface area contributed by atoms with E-state index in [4.69, 9.17) is 15.9 Å². The van der Waals surface area contributed by atoms with E-state index in [-0.39, 0.29) is 18.4 Å². The van der Waals surface area contributed by atoms with Gasteiger partial charge in [0.25, 0.3) is 5.91 Å². The molecule has 2 fully saturated rings. The van der Waals surface area contributed by atoms with Crippen molar-refractivity contribution in [3.8, 4) is 12.3 Å². The molecule has 0 aliphatic heterocycles. The molecule has 0 spiro atoms. The van der Waals surface area contributed by atoms with Gasteiger partial charge in [-0.15, -0.1) is 6.42 Å². The molecule has 0 heterocycles. The van der Waals surface area contributed by atoms with Crippen LogP contribution < -0.4 is 5.32 Å². The fourth-order valence-corrected chi connectivity index (χ4v) is 7.01. The number of carbonyl (C=O) groups is 3. The van der Waals surface area contributed by atoms with Crippen LogP contribution in [0.1, 0.15) is 101 Å². The molecule has 2 aromatic rings. The maximum Gasteiger partial charge on any atom is 0.325 e. The molecular weight excluding hydrogens is 576 g/mol. The molecule has 0 aromatic heterocycles. The molecule has 7 heteroatoms. The molecule has 0 radical (unpaired) electrons. The lowest BCUT2D eigenvalue weighted by atomic mass is 9.76. The summed E-state index contributed by atoms with van der Waals surface area (Å²) in [7, 11) is 0. The van der Waals surface area contributed by atoms with Gasteiger partial charge < -0.3 is 19.7 Å². The molecule has 250 valence electrons. The SMILES string of the molecule is C#CC(=O)N(CC(=O)OCC)C[C@@H](c1ccccc1)C1CCCCC1.CCOC(=O)CNC[C@@H](c1ccccc1)C1CCCCC1. The highest BCUT2D eigenvalue weighted by molar-refractivity contribution is 5.94. The van der Waals surface area contributed by atoms with E-state index in [1.165, 1.54) is 67.4 Å². The van der Waals surface area contributed by atoms with Crippen LogP contribution in [0.15, 0.2) is 60.7 Å². The Morgan fingerprint density at radius 3 is 1.74 bits per heavy atom. The van der Waals surface area contributed by atoms with Crippen LogP contribution in [0.25, 0.3) is 0 Å². The Hall–Kier alpha value is -3.63. The second-order valence-corrected chi connectivity index (χ2v) is 12.4. The first kappa shape index (κ1) is 36.8. The van der Waals surface area contributed by atoms with Crippen LogP contribution in [0, 0.1) is 24.2 Å². The summed E-state index contributed by atoms with van der Waals surface area (Å²) < 4.78 is 9.97. The lowest BCUT2D eigenvalue weighted by Crippen LogP contribution is -2.40. The smallest absolute Gasteiger partial charge is 0.325 e. The van der Waals surface area contributed by atoms with Crippen molar-refractivity contribution in [3.05, 3.63) is 71.8 Å². The Bertz CT molecular complexity index is 1200. The van der Waals surface area contributed by atoms with Crippen molar-refractivity contribution in [3.63, 3.8) is 0 Å². The van der Waals surface area contributed by atoms with Crippen LogP contribution in [0.4, 0.5) is 0 Å². The monoisotopic (exact) mass is 630 g/mol. The lowest BCUT2D eigenvalue weighted by Gasteiger charge is -2.34. The maximum absolute atomic E-state index is 12.2. The summed E-state index contributed by atoms with van der Waals surface area (Å²) in [5, 5.41) is 3.29. The standard InChI is InChI=1S/C21H27NO3.C18H27NO2/c1-3-20(23)22(16-21(24)25-4-2)15-19(17-11-7-5-8-12-17)18-13-9-6-10-14-18;1-2-21-18(20)14-19-13-17(15-9-5-3-6-10-15)16-11-7-4-8-12-16/h1,5,7-8,11-12,18-19H,4,6,9-10,13-16H2,2H3;3,5-6,9-10,16-17,19H,2,4,7-8,11-14H2,1H3/t19-;17-/m00/s1. The second-order valence-electron chi connectivity index (χ2n) is 12.4. The van der Waals surface area contributed by atoms with Crippen LogP contribution in [-0.4, -0.2) is 62.1 Å². The molecule has 1 amide bonds. The predicted octanol–water partition coefficient (Wildman–Crippen LogP) is 6.88. The summed E-state index contributed by atoms with van der Waals surface area (Å²) in [6.45, 7) is 5.86. The van der Waals surface area contributed by atoms with Gasteiger partial charge in [0.2, 0.25) is 0 Å². The zero-order valence-electron chi connectivity index (χ0n) is 28.0. The second kappa shape index (κ2) is 21.2. The summed E-state index contributed by atoms with van der Waals surface area (Å²) in [6, 6.07) is 20.9. The van der Waals surface area contributed by atoms with Gasteiger partial charge in [0, 0.05) is 19.0 Å². The molecule has 0 bridgehead atoms. The lowest BCUT2D eigenvalue weighted by molar-refractivity contribution is -0.147. The normalized spacial score (nSPS) is 16.5. The Balaban J connectivity index is 0.000000254. The number of rotatable bonds is 14. The Morgan fingerprint density at radius 2 is 1.24 bits per heavy atom. The van der Waals surface area contributed by atoms with E-state index in [1.807, 2.05) is 25.1 Å². The van der Waals surface area contributed by atoms with Crippen molar-refractivity contribution in [2.75, 3.05) is 39.4 Å². The largest absolute Gasteiger partial charge is 0.465 e. The molecule has 2 aromatic carbocycles. The molecule has 2 aliphatic rings. The number of carbonyl (C=O) groups excluding carboxylic acids is 3.